The van der Waals surface area contributed by atoms with Crippen molar-refractivity contribution >= 4 is 5.91 Å². The molecule has 0 radical (unpaired) electrons. The van der Waals surface area contributed by atoms with E-state index in [-0.39, 0.29) is 12.5 Å². The minimum atomic E-state index is -0.122. The Morgan fingerprint density at radius 3 is 3.18 bits per heavy atom. The second-order valence-corrected chi connectivity index (χ2v) is 3.39. The summed E-state index contributed by atoms with van der Waals surface area (Å²) in [5.74, 6) is 0.681. The number of aromatic nitrogens is 3. The average Bonchev–Trinajstić information content (AvgIpc) is 2.77. The Bertz CT molecular complexity index is 394. The summed E-state index contributed by atoms with van der Waals surface area (Å²) < 4.78 is 1.90. The number of nitrogens with one attached hydrogen (secondary N) is 2. The maximum atomic E-state index is 11.3. The van der Waals surface area contributed by atoms with Crippen LogP contribution in [0.3, 0.4) is 0 Å². The predicted molar refractivity (Wildman–Crippen MR) is 60.6 cm³/mol. The molecule has 0 bridgehead atoms. The van der Waals surface area contributed by atoms with Crippen LogP contribution in [0.1, 0.15) is 19.2 Å². The van der Waals surface area contributed by atoms with E-state index in [2.05, 4.69) is 20.8 Å². The van der Waals surface area contributed by atoms with Crippen molar-refractivity contribution in [2.75, 3.05) is 13.1 Å². The molecule has 0 aromatic carbocycles. The highest BCUT2D eigenvalue weighted by molar-refractivity contribution is 5.77. The number of carbonyl (C=O) groups excluding carboxylic acids is 1. The number of carbonyl (C=O) groups is 1. The first-order chi connectivity index (χ1) is 8.27. The summed E-state index contributed by atoms with van der Waals surface area (Å²) in [5, 5.41) is 21.6. The Balaban J connectivity index is 2.19. The molecule has 0 aliphatic heterocycles. The number of nitrogens with zero attached hydrogens (tertiary/aromatic N) is 4. The van der Waals surface area contributed by atoms with Gasteiger partial charge in [-0.3, -0.25) is 4.79 Å². The molecule has 1 amide bonds. The van der Waals surface area contributed by atoms with Crippen molar-refractivity contribution in [1.82, 2.24) is 25.4 Å². The van der Waals surface area contributed by atoms with Gasteiger partial charge in [-0.2, -0.15) is 5.26 Å². The maximum absolute atomic E-state index is 11.3. The Hall–Kier alpha value is -1.94. The zero-order valence-electron chi connectivity index (χ0n) is 9.81. The van der Waals surface area contributed by atoms with Crippen LogP contribution in [0.4, 0.5) is 0 Å². The fourth-order valence-electron chi connectivity index (χ4n) is 1.29. The van der Waals surface area contributed by atoms with Crippen LogP contribution in [-0.4, -0.2) is 33.8 Å². The fourth-order valence-corrected chi connectivity index (χ4v) is 1.29. The summed E-state index contributed by atoms with van der Waals surface area (Å²) in [7, 11) is 0. The number of aryl methyl sites for hydroxylation is 1. The normalized spacial score (nSPS) is 9.88. The standard InChI is InChI=1S/C10H16N6O/c1-2-16-8-14-15-9(16)6-12-7-10(17)13-5-3-4-11/h8,12H,2-3,5-7H2,1H3,(H,13,17). The van der Waals surface area contributed by atoms with Crippen LogP contribution in [0, 0.1) is 11.3 Å². The first-order valence-corrected chi connectivity index (χ1v) is 5.49. The van der Waals surface area contributed by atoms with Gasteiger partial charge < -0.3 is 15.2 Å². The van der Waals surface area contributed by atoms with E-state index in [1.807, 2.05) is 17.6 Å². The lowest BCUT2D eigenvalue weighted by Crippen LogP contribution is -2.34. The van der Waals surface area contributed by atoms with E-state index in [0.717, 1.165) is 12.4 Å². The zero-order chi connectivity index (χ0) is 12.5. The number of nitriles is 1. The number of hydrogen-bond donors (Lipinski definition) is 2. The third-order valence-electron chi connectivity index (χ3n) is 2.16. The molecule has 1 heterocycles. The van der Waals surface area contributed by atoms with Gasteiger partial charge in [0, 0.05) is 13.1 Å². The van der Waals surface area contributed by atoms with Gasteiger partial charge in [-0.25, -0.2) is 0 Å². The summed E-state index contributed by atoms with van der Waals surface area (Å²) in [4.78, 5) is 11.3. The molecule has 0 saturated carbocycles. The molecule has 1 rings (SSSR count). The minimum absolute atomic E-state index is 0.122. The van der Waals surface area contributed by atoms with Crippen molar-refractivity contribution in [1.29, 1.82) is 5.26 Å². The molecule has 7 nitrogen and oxygen atoms in total. The molecule has 2 N–H and O–H groups in total. The lowest BCUT2D eigenvalue weighted by Gasteiger charge is -2.05. The Kier molecular flexibility index (Phi) is 5.68. The van der Waals surface area contributed by atoms with E-state index in [1.165, 1.54) is 0 Å². The van der Waals surface area contributed by atoms with E-state index in [4.69, 9.17) is 5.26 Å². The van der Waals surface area contributed by atoms with Crippen LogP contribution in [0.25, 0.3) is 0 Å². The van der Waals surface area contributed by atoms with Crippen LogP contribution >= 0.6 is 0 Å². The number of rotatable bonds is 7. The van der Waals surface area contributed by atoms with Gasteiger partial charge in [-0.1, -0.05) is 0 Å². The Labute approximate surface area is 99.8 Å². The van der Waals surface area contributed by atoms with Gasteiger partial charge in [0.25, 0.3) is 0 Å². The summed E-state index contributed by atoms with van der Waals surface area (Å²) in [6.45, 7) is 3.91. The third kappa shape index (κ3) is 4.61. The van der Waals surface area contributed by atoms with Crippen molar-refractivity contribution in [3.8, 4) is 6.07 Å². The van der Waals surface area contributed by atoms with Crippen LogP contribution in [0.5, 0.6) is 0 Å². The predicted octanol–water partition coefficient (Wildman–Crippen LogP) is -0.583. The highest BCUT2D eigenvalue weighted by Crippen LogP contribution is 1.93. The molecule has 1 aromatic rings. The lowest BCUT2D eigenvalue weighted by atomic mass is 10.4. The highest BCUT2D eigenvalue weighted by Gasteiger charge is 2.03. The van der Waals surface area contributed by atoms with Gasteiger partial charge in [-0.15, -0.1) is 10.2 Å². The summed E-state index contributed by atoms with van der Waals surface area (Å²) in [6.07, 6.45) is 1.99. The van der Waals surface area contributed by atoms with Gasteiger partial charge >= 0.3 is 0 Å². The molecule has 1 aromatic heterocycles. The van der Waals surface area contributed by atoms with Gasteiger partial charge in [0.1, 0.15) is 12.2 Å². The monoisotopic (exact) mass is 236 g/mol. The average molecular weight is 236 g/mol. The van der Waals surface area contributed by atoms with E-state index in [9.17, 15) is 4.79 Å². The van der Waals surface area contributed by atoms with Crippen LogP contribution < -0.4 is 10.6 Å². The molecule has 7 heteroatoms. The molecule has 92 valence electrons. The third-order valence-corrected chi connectivity index (χ3v) is 2.16. The Morgan fingerprint density at radius 2 is 2.47 bits per heavy atom. The second-order valence-electron chi connectivity index (χ2n) is 3.39. The summed E-state index contributed by atoms with van der Waals surface area (Å²) >= 11 is 0. The van der Waals surface area contributed by atoms with Crippen molar-refractivity contribution < 1.29 is 4.79 Å². The Morgan fingerprint density at radius 1 is 1.65 bits per heavy atom. The van der Waals surface area contributed by atoms with E-state index in [1.54, 1.807) is 6.33 Å². The van der Waals surface area contributed by atoms with Gasteiger partial charge in [-0.05, 0) is 6.92 Å². The topological polar surface area (TPSA) is 95.6 Å². The molecule has 0 saturated heterocycles. The fraction of sp³-hybridized carbons (Fsp3) is 0.600. The molecule has 0 atom stereocenters. The largest absolute Gasteiger partial charge is 0.354 e. The van der Waals surface area contributed by atoms with Gasteiger partial charge in [0.2, 0.25) is 5.91 Å². The molecule has 0 fully saturated rings. The summed E-state index contributed by atoms with van der Waals surface area (Å²) in [6, 6.07) is 1.96. The van der Waals surface area contributed by atoms with E-state index >= 15 is 0 Å². The van der Waals surface area contributed by atoms with Crippen LogP contribution in [0.2, 0.25) is 0 Å². The van der Waals surface area contributed by atoms with Crippen molar-refractivity contribution in [3.63, 3.8) is 0 Å². The van der Waals surface area contributed by atoms with Crippen molar-refractivity contribution in [3.05, 3.63) is 12.2 Å². The maximum Gasteiger partial charge on any atom is 0.234 e. The summed E-state index contributed by atoms with van der Waals surface area (Å²) in [5.41, 5.74) is 0. The van der Waals surface area contributed by atoms with Crippen LogP contribution in [-0.2, 0) is 17.9 Å². The molecule has 0 aliphatic carbocycles. The van der Waals surface area contributed by atoms with Crippen molar-refractivity contribution in [2.24, 2.45) is 0 Å². The molecule has 0 unspecified atom stereocenters. The minimum Gasteiger partial charge on any atom is -0.354 e. The molecular weight excluding hydrogens is 220 g/mol. The van der Waals surface area contributed by atoms with E-state index in [0.29, 0.717) is 19.5 Å². The highest BCUT2D eigenvalue weighted by atomic mass is 16.1. The smallest absolute Gasteiger partial charge is 0.234 e. The number of amides is 1. The second kappa shape index (κ2) is 7.35. The zero-order valence-corrected chi connectivity index (χ0v) is 9.81. The first-order valence-electron chi connectivity index (χ1n) is 5.49. The molecular formula is C10H16N6O. The molecule has 17 heavy (non-hydrogen) atoms. The van der Waals surface area contributed by atoms with Crippen molar-refractivity contribution in [2.45, 2.75) is 26.4 Å². The lowest BCUT2D eigenvalue weighted by molar-refractivity contribution is -0.120. The quantitative estimate of drug-likeness (QED) is 0.617. The van der Waals surface area contributed by atoms with Crippen LogP contribution in [0.15, 0.2) is 6.33 Å². The molecule has 0 aliphatic rings. The van der Waals surface area contributed by atoms with Gasteiger partial charge in [0.15, 0.2) is 0 Å². The molecule has 0 spiro atoms. The van der Waals surface area contributed by atoms with Gasteiger partial charge in [0.05, 0.1) is 25.6 Å². The SMILES string of the molecule is CCn1cnnc1CNCC(=O)NCCC#N. The number of hydrogen-bond acceptors (Lipinski definition) is 5. The first kappa shape index (κ1) is 13.1. The van der Waals surface area contributed by atoms with E-state index < -0.39 is 0 Å².